The highest BCUT2D eigenvalue weighted by Gasteiger charge is 2.20. The van der Waals surface area contributed by atoms with Gasteiger partial charge in [0, 0.05) is 18.7 Å². The third-order valence-corrected chi connectivity index (χ3v) is 3.04. The van der Waals surface area contributed by atoms with E-state index < -0.39 is 6.09 Å². The van der Waals surface area contributed by atoms with Crippen LogP contribution in [-0.2, 0) is 0 Å². The van der Waals surface area contributed by atoms with Crippen molar-refractivity contribution in [2.75, 3.05) is 27.7 Å². The Hall–Kier alpha value is -0.820. The van der Waals surface area contributed by atoms with Crippen LogP contribution in [0, 0.1) is 6.92 Å². The monoisotopic (exact) mass is 364 g/mol. The fourth-order valence-corrected chi connectivity index (χ4v) is 1.63. The van der Waals surface area contributed by atoms with E-state index in [1.807, 2.05) is 18.2 Å². The van der Waals surface area contributed by atoms with Gasteiger partial charge in [0.25, 0.3) is 0 Å². The van der Waals surface area contributed by atoms with Gasteiger partial charge in [-0.1, -0.05) is 0 Å². The van der Waals surface area contributed by atoms with Crippen molar-refractivity contribution in [2.45, 2.75) is 13.8 Å². The summed E-state index contributed by atoms with van der Waals surface area (Å²) in [6.45, 7) is 5.17. The first-order valence-corrected chi connectivity index (χ1v) is 5.74. The Balaban J connectivity index is 0.00000289. The highest BCUT2D eigenvalue weighted by molar-refractivity contribution is 5.70. The van der Waals surface area contributed by atoms with Crippen LogP contribution < -0.4 is 38.5 Å². The zero-order chi connectivity index (χ0) is 13.1. The third-order valence-electron chi connectivity index (χ3n) is 3.04. The van der Waals surface area contributed by atoms with Crippen molar-refractivity contribution in [2.24, 2.45) is 0 Å². The van der Waals surface area contributed by atoms with Gasteiger partial charge in [-0.25, -0.2) is 4.79 Å². The van der Waals surface area contributed by atoms with Crippen LogP contribution in [0.5, 0.6) is 5.75 Å². The largest absolute Gasteiger partial charge is 1.00 e. The maximum absolute atomic E-state index is 11.2. The molecular weight excluding hydrogens is 343 g/mol. The van der Waals surface area contributed by atoms with Crippen molar-refractivity contribution >= 4 is 11.8 Å². The molecule has 4 nitrogen and oxygen atoms in total. The smallest absolute Gasteiger partial charge is 0.412 e. The molecule has 1 aromatic rings. The summed E-state index contributed by atoms with van der Waals surface area (Å²) in [5.41, 5.74) is 2.36. The first-order valence-electron chi connectivity index (χ1n) is 5.74. The molecule has 0 aliphatic carbocycles. The number of ether oxygens (including phenoxy) is 1. The number of rotatable bonds is 3. The fourth-order valence-electron chi connectivity index (χ4n) is 1.63. The summed E-state index contributed by atoms with van der Waals surface area (Å²) in [5, 5.41) is 2.43. The molecular formula is C13H21IN2O2. The van der Waals surface area contributed by atoms with Crippen LogP contribution in [0.3, 0.4) is 0 Å². The summed E-state index contributed by atoms with van der Waals surface area (Å²) in [7, 11) is 5.81. The summed E-state index contributed by atoms with van der Waals surface area (Å²) in [6.07, 6.45) is -0.443. The van der Waals surface area contributed by atoms with Gasteiger partial charge in [-0.15, -0.1) is 0 Å². The Morgan fingerprint density at radius 2 is 2.00 bits per heavy atom. The number of quaternary nitrogens is 1. The molecule has 1 N–H and O–H groups in total. The van der Waals surface area contributed by atoms with Gasteiger partial charge in [0.05, 0.1) is 20.6 Å². The summed E-state index contributed by atoms with van der Waals surface area (Å²) in [4.78, 5) is 11.2. The molecule has 0 bridgehead atoms. The second kappa shape index (κ2) is 6.94. The standard InChI is InChI=1S/C13H20N2O2.HI/c1-6-15(4,5)12-9-11(8-7-10(12)2)17-13(16)14-3;/h7-9H,6H2,1-5H3;1H. The zero-order valence-electron chi connectivity index (χ0n) is 11.6. The molecule has 0 radical (unpaired) electrons. The number of hydrogen-bond acceptors (Lipinski definition) is 2. The highest BCUT2D eigenvalue weighted by atomic mass is 127. The molecule has 0 saturated carbocycles. The number of nitrogens with one attached hydrogen (secondary N) is 1. The second-order valence-corrected chi connectivity index (χ2v) is 4.59. The molecule has 0 heterocycles. The molecule has 5 heteroatoms. The summed E-state index contributed by atoms with van der Waals surface area (Å²) >= 11 is 0. The topological polar surface area (TPSA) is 38.3 Å². The van der Waals surface area contributed by atoms with Crippen molar-refractivity contribution in [1.82, 2.24) is 9.80 Å². The van der Waals surface area contributed by atoms with E-state index in [9.17, 15) is 4.79 Å². The predicted molar refractivity (Wildman–Crippen MR) is 70.4 cm³/mol. The normalized spacial score (nSPS) is 10.5. The van der Waals surface area contributed by atoms with Crippen molar-refractivity contribution in [1.29, 1.82) is 0 Å². The number of carbonyl (C=O) groups is 1. The van der Waals surface area contributed by atoms with E-state index in [4.69, 9.17) is 4.74 Å². The quantitative estimate of drug-likeness (QED) is 0.570. The van der Waals surface area contributed by atoms with E-state index in [1.54, 1.807) is 7.05 Å². The maximum atomic E-state index is 11.2. The molecule has 0 fully saturated rings. The Bertz CT molecular complexity index is 419. The van der Waals surface area contributed by atoms with Gasteiger partial charge in [0.2, 0.25) is 0 Å². The van der Waals surface area contributed by atoms with Crippen LogP contribution in [0.1, 0.15) is 12.5 Å². The average molecular weight is 364 g/mol. The lowest BCUT2D eigenvalue weighted by Crippen LogP contribution is -3.00. The molecule has 0 aromatic heterocycles. The molecule has 0 atom stereocenters. The number of halogens is 1. The Kier molecular flexibility index (Phi) is 6.62. The zero-order valence-corrected chi connectivity index (χ0v) is 13.7. The highest BCUT2D eigenvalue weighted by Crippen LogP contribution is 2.28. The first kappa shape index (κ1) is 17.2. The summed E-state index contributed by atoms with van der Waals surface area (Å²) < 4.78 is 5.90. The third kappa shape index (κ3) is 4.13. The lowest BCUT2D eigenvalue weighted by molar-refractivity contribution is -0.00000877. The molecule has 0 spiro atoms. The fraction of sp³-hybridized carbons (Fsp3) is 0.462. The Labute approximate surface area is 126 Å². The van der Waals surface area contributed by atoms with E-state index in [0.717, 1.165) is 16.7 Å². The minimum absolute atomic E-state index is 0. The minimum Gasteiger partial charge on any atom is -1.00 e. The van der Waals surface area contributed by atoms with Gasteiger partial charge in [-0.05, 0) is 26.0 Å². The van der Waals surface area contributed by atoms with E-state index in [-0.39, 0.29) is 24.0 Å². The maximum Gasteiger partial charge on any atom is 0.412 e. The summed E-state index contributed by atoms with van der Waals surface area (Å²) in [5.74, 6) is 0.574. The second-order valence-electron chi connectivity index (χ2n) is 4.59. The first-order chi connectivity index (χ1) is 7.90. The number of carbonyl (C=O) groups excluding carboxylic acids is 1. The molecule has 0 unspecified atom stereocenters. The van der Waals surface area contributed by atoms with Crippen LogP contribution >= 0.6 is 0 Å². The molecule has 0 aliphatic heterocycles. The van der Waals surface area contributed by atoms with Crippen LogP contribution in [0.25, 0.3) is 0 Å². The number of amides is 1. The number of benzene rings is 1. The van der Waals surface area contributed by atoms with Crippen LogP contribution in [0.4, 0.5) is 10.5 Å². The van der Waals surface area contributed by atoms with Gasteiger partial charge in [0.1, 0.15) is 11.4 Å². The average Bonchev–Trinajstić information content (AvgIpc) is 2.31. The SMILES string of the molecule is CC[N+](C)(C)c1cc(OC(=O)NC)ccc1C.[I-]. The van der Waals surface area contributed by atoms with E-state index in [1.165, 1.54) is 5.56 Å². The number of hydrogen-bond donors (Lipinski definition) is 1. The van der Waals surface area contributed by atoms with E-state index >= 15 is 0 Å². The minimum atomic E-state index is -0.443. The molecule has 0 aliphatic rings. The molecule has 1 amide bonds. The van der Waals surface area contributed by atoms with Crippen molar-refractivity contribution in [3.8, 4) is 5.75 Å². The van der Waals surface area contributed by atoms with Gasteiger partial charge in [0.15, 0.2) is 0 Å². The van der Waals surface area contributed by atoms with Crippen molar-refractivity contribution in [3.05, 3.63) is 23.8 Å². The lowest BCUT2D eigenvalue weighted by atomic mass is 10.1. The molecule has 18 heavy (non-hydrogen) atoms. The summed E-state index contributed by atoms with van der Waals surface area (Å²) in [6, 6.07) is 5.71. The van der Waals surface area contributed by atoms with Gasteiger partial charge in [-0.3, -0.25) is 4.48 Å². The Morgan fingerprint density at radius 3 is 2.50 bits per heavy atom. The lowest BCUT2D eigenvalue weighted by Gasteiger charge is -2.29. The molecule has 1 rings (SSSR count). The van der Waals surface area contributed by atoms with E-state index in [2.05, 4.69) is 33.3 Å². The predicted octanol–water partition coefficient (Wildman–Crippen LogP) is -0.696. The Morgan fingerprint density at radius 1 is 1.39 bits per heavy atom. The van der Waals surface area contributed by atoms with Crippen LogP contribution in [0.15, 0.2) is 18.2 Å². The number of aryl methyl sites for hydroxylation is 1. The van der Waals surface area contributed by atoms with Crippen LogP contribution in [0.2, 0.25) is 0 Å². The van der Waals surface area contributed by atoms with Gasteiger partial charge >= 0.3 is 6.09 Å². The molecule has 0 saturated heterocycles. The molecule has 1 aromatic carbocycles. The van der Waals surface area contributed by atoms with Crippen LogP contribution in [-0.4, -0.2) is 33.8 Å². The van der Waals surface area contributed by atoms with Gasteiger partial charge in [-0.2, -0.15) is 0 Å². The van der Waals surface area contributed by atoms with Crippen molar-refractivity contribution < 1.29 is 33.5 Å². The van der Waals surface area contributed by atoms with Crippen molar-refractivity contribution in [3.63, 3.8) is 0 Å². The number of nitrogens with zero attached hydrogens (tertiary/aromatic N) is 1. The van der Waals surface area contributed by atoms with Gasteiger partial charge < -0.3 is 34.0 Å². The molecule has 102 valence electrons. The van der Waals surface area contributed by atoms with E-state index in [0.29, 0.717) is 5.75 Å².